The van der Waals surface area contributed by atoms with Crippen molar-refractivity contribution < 1.29 is 38.7 Å². The van der Waals surface area contributed by atoms with Crippen LogP contribution in [0.3, 0.4) is 0 Å². The van der Waals surface area contributed by atoms with E-state index in [1.54, 1.807) is 13.8 Å². The molecule has 0 radical (unpaired) electrons. The molecule has 30 heavy (non-hydrogen) atoms. The minimum atomic E-state index is -0.763. The summed E-state index contributed by atoms with van der Waals surface area (Å²) in [6.45, 7) is 9.12. The minimum Gasteiger partial charge on any atom is -0.463 e. The molecule has 0 aliphatic rings. The zero-order valence-electron chi connectivity index (χ0n) is 19.2. The molecule has 8 nitrogen and oxygen atoms in total. The normalized spacial score (nSPS) is 12.1. The highest BCUT2D eigenvalue weighted by atomic mass is 16.6. The van der Waals surface area contributed by atoms with Crippen LogP contribution in [-0.2, 0) is 28.5 Å². The molecule has 8 heteroatoms. The number of carbonyl (C=O) groups is 2. The molecule has 2 N–H and O–H groups in total. The number of unbranched alkanes of at least 4 members (excludes halogenated alkanes) is 1. The van der Waals surface area contributed by atoms with E-state index in [-0.39, 0.29) is 38.0 Å². The van der Waals surface area contributed by atoms with Crippen molar-refractivity contribution >= 4 is 11.9 Å². The van der Waals surface area contributed by atoms with Crippen LogP contribution in [0, 0.1) is 0 Å². The molecular formula is C22H42O8. The molecular weight excluding hydrogens is 392 g/mol. The van der Waals surface area contributed by atoms with Crippen molar-refractivity contribution in [3.63, 3.8) is 0 Å². The van der Waals surface area contributed by atoms with E-state index < -0.39 is 11.2 Å². The smallest absolute Gasteiger partial charge is 0.305 e. The average Bonchev–Trinajstić information content (AvgIpc) is 2.69. The van der Waals surface area contributed by atoms with E-state index in [1.165, 1.54) is 0 Å². The van der Waals surface area contributed by atoms with Gasteiger partial charge in [0.15, 0.2) is 0 Å². The summed E-state index contributed by atoms with van der Waals surface area (Å²) >= 11 is 0. The van der Waals surface area contributed by atoms with Gasteiger partial charge in [-0.3, -0.25) is 9.59 Å². The van der Waals surface area contributed by atoms with Crippen LogP contribution in [0.4, 0.5) is 0 Å². The molecule has 0 fully saturated rings. The Morgan fingerprint density at radius 3 is 1.53 bits per heavy atom. The van der Waals surface area contributed by atoms with Crippen LogP contribution in [0.25, 0.3) is 0 Å². The van der Waals surface area contributed by atoms with Gasteiger partial charge in [-0.1, -0.05) is 13.8 Å². The topological polar surface area (TPSA) is 112 Å². The Bertz CT molecular complexity index is 455. The molecule has 0 spiro atoms. The lowest BCUT2D eigenvalue weighted by atomic mass is 9.94. The van der Waals surface area contributed by atoms with Crippen molar-refractivity contribution in [2.45, 2.75) is 90.3 Å². The fourth-order valence-corrected chi connectivity index (χ4v) is 2.50. The van der Waals surface area contributed by atoms with Crippen LogP contribution < -0.4 is 0 Å². The summed E-state index contributed by atoms with van der Waals surface area (Å²) in [7, 11) is 0. The van der Waals surface area contributed by atoms with Crippen LogP contribution in [0.5, 0.6) is 0 Å². The van der Waals surface area contributed by atoms with Gasteiger partial charge in [0, 0.05) is 26.1 Å². The Morgan fingerprint density at radius 2 is 1.13 bits per heavy atom. The fraction of sp³-hybridized carbons (Fsp3) is 0.909. The molecule has 0 atom stereocenters. The van der Waals surface area contributed by atoms with Crippen molar-refractivity contribution in [1.29, 1.82) is 0 Å². The van der Waals surface area contributed by atoms with Gasteiger partial charge in [-0.2, -0.15) is 0 Å². The summed E-state index contributed by atoms with van der Waals surface area (Å²) in [6, 6.07) is 0. The third-order valence-electron chi connectivity index (χ3n) is 4.88. The highest BCUT2D eigenvalue weighted by Crippen LogP contribution is 2.18. The number of rotatable bonds is 19. The van der Waals surface area contributed by atoms with Gasteiger partial charge < -0.3 is 29.2 Å². The first kappa shape index (κ1) is 28.8. The zero-order valence-corrected chi connectivity index (χ0v) is 19.2. The van der Waals surface area contributed by atoms with Crippen molar-refractivity contribution in [3.8, 4) is 0 Å². The largest absolute Gasteiger partial charge is 0.463 e. The summed E-state index contributed by atoms with van der Waals surface area (Å²) in [5.74, 6) is -0.632. The van der Waals surface area contributed by atoms with Gasteiger partial charge in [0.25, 0.3) is 0 Å². The minimum absolute atomic E-state index is 0.181. The highest BCUT2D eigenvalue weighted by molar-refractivity contribution is 5.70. The van der Waals surface area contributed by atoms with E-state index in [0.717, 1.165) is 0 Å². The Labute approximate surface area is 181 Å². The van der Waals surface area contributed by atoms with Gasteiger partial charge in [-0.25, -0.2) is 0 Å². The molecule has 0 amide bonds. The molecule has 0 rings (SSSR count). The Morgan fingerprint density at radius 1 is 0.700 bits per heavy atom. The molecule has 0 aromatic carbocycles. The van der Waals surface area contributed by atoms with E-state index in [1.807, 2.05) is 13.8 Å². The van der Waals surface area contributed by atoms with Crippen molar-refractivity contribution in [3.05, 3.63) is 0 Å². The quantitative estimate of drug-likeness (QED) is 0.236. The second-order valence-corrected chi connectivity index (χ2v) is 8.12. The lowest BCUT2D eigenvalue weighted by Crippen LogP contribution is -2.28. The highest BCUT2D eigenvalue weighted by Gasteiger charge is 2.21. The van der Waals surface area contributed by atoms with Crippen LogP contribution in [0.15, 0.2) is 0 Å². The summed E-state index contributed by atoms with van der Waals surface area (Å²) in [6.07, 6.45) is 4.06. The number of aliphatic hydroxyl groups is 2. The maximum atomic E-state index is 11.6. The van der Waals surface area contributed by atoms with Gasteiger partial charge in [-0.15, -0.1) is 0 Å². The molecule has 0 unspecified atom stereocenters. The maximum absolute atomic E-state index is 11.6. The van der Waals surface area contributed by atoms with Crippen LogP contribution in [0.2, 0.25) is 0 Å². The second kappa shape index (κ2) is 16.5. The maximum Gasteiger partial charge on any atom is 0.305 e. The van der Waals surface area contributed by atoms with Gasteiger partial charge in [0.2, 0.25) is 0 Å². The zero-order chi connectivity index (χ0) is 22.9. The van der Waals surface area contributed by atoms with E-state index in [4.69, 9.17) is 18.9 Å². The standard InChI is InChI=1S/C22H42O8/c1-5-22(26,6-2)12-14-28-16-18-30-20(24)10-8-7-9-19(23)29-17-15-27-13-11-21(3,4)25/h25-26H,5-18H2,1-4H3. The lowest BCUT2D eigenvalue weighted by molar-refractivity contribution is -0.147. The molecule has 0 heterocycles. The monoisotopic (exact) mass is 434 g/mol. The van der Waals surface area contributed by atoms with E-state index in [2.05, 4.69) is 0 Å². The molecule has 0 saturated carbocycles. The predicted octanol–water partition coefficient (Wildman–Crippen LogP) is 2.77. The molecule has 0 saturated heterocycles. The van der Waals surface area contributed by atoms with Gasteiger partial charge in [0.1, 0.15) is 13.2 Å². The van der Waals surface area contributed by atoms with Crippen molar-refractivity contribution in [2.24, 2.45) is 0 Å². The number of esters is 2. The van der Waals surface area contributed by atoms with E-state index in [9.17, 15) is 19.8 Å². The second-order valence-electron chi connectivity index (χ2n) is 8.12. The summed E-state index contributed by atoms with van der Waals surface area (Å²) < 4.78 is 20.8. The van der Waals surface area contributed by atoms with E-state index >= 15 is 0 Å². The van der Waals surface area contributed by atoms with E-state index in [0.29, 0.717) is 65.0 Å². The Kier molecular flexibility index (Phi) is 15.8. The predicted molar refractivity (Wildman–Crippen MR) is 113 cm³/mol. The van der Waals surface area contributed by atoms with Crippen LogP contribution in [-0.4, -0.2) is 73.0 Å². The van der Waals surface area contributed by atoms with Crippen LogP contribution >= 0.6 is 0 Å². The molecule has 0 aromatic heterocycles. The number of ether oxygens (including phenoxy) is 4. The van der Waals surface area contributed by atoms with Crippen LogP contribution in [0.1, 0.15) is 79.1 Å². The average molecular weight is 435 g/mol. The Balaban J connectivity index is 3.51. The van der Waals surface area contributed by atoms with Crippen molar-refractivity contribution in [1.82, 2.24) is 0 Å². The first-order valence-electron chi connectivity index (χ1n) is 11.0. The molecule has 0 bridgehead atoms. The number of carbonyl (C=O) groups excluding carboxylic acids is 2. The third-order valence-corrected chi connectivity index (χ3v) is 4.88. The summed E-state index contributed by atoms with van der Waals surface area (Å²) in [4.78, 5) is 23.2. The lowest BCUT2D eigenvalue weighted by Gasteiger charge is -2.24. The SMILES string of the molecule is CCC(O)(CC)CCOCCOC(=O)CCCCC(=O)OCCOCCC(C)(C)O. The van der Waals surface area contributed by atoms with Gasteiger partial charge in [0.05, 0.1) is 24.4 Å². The fourth-order valence-electron chi connectivity index (χ4n) is 2.50. The van der Waals surface area contributed by atoms with Gasteiger partial charge in [-0.05, 0) is 52.4 Å². The first-order valence-corrected chi connectivity index (χ1v) is 11.0. The number of hydrogen-bond acceptors (Lipinski definition) is 8. The van der Waals surface area contributed by atoms with Gasteiger partial charge >= 0.3 is 11.9 Å². The number of hydrogen-bond donors (Lipinski definition) is 2. The molecule has 178 valence electrons. The molecule has 0 aromatic rings. The molecule has 0 aliphatic carbocycles. The first-order chi connectivity index (χ1) is 14.1. The molecule has 0 aliphatic heterocycles. The summed E-state index contributed by atoms with van der Waals surface area (Å²) in [5, 5.41) is 19.7. The summed E-state index contributed by atoms with van der Waals surface area (Å²) in [5.41, 5.74) is -1.44. The third kappa shape index (κ3) is 17.6. The van der Waals surface area contributed by atoms with Crippen molar-refractivity contribution in [2.75, 3.05) is 39.6 Å². The Hall–Kier alpha value is -1.22.